The molecule has 1 aromatic carbocycles. The fourth-order valence-electron chi connectivity index (χ4n) is 2.21. The zero-order chi connectivity index (χ0) is 16.0. The number of nitrogens with zero attached hydrogens (tertiary/aromatic N) is 1. The molecule has 2 rings (SSSR count). The molecule has 1 aromatic heterocycles. The van der Waals surface area contributed by atoms with Crippen molar-refractivity contribution >= 4 is 5.91 Å². The molecule has 0 bridgehead atoms. The van der Waals surface area contributed by atoms with Gasteiger partial charge in [0.2, 0.25) is 0 Å². The second-order valence-electron chi connectivity index (χ2n) is 5.49. The van der Waals surface area contributed by atoms with Crippen molar-refractivity contribution in [2.24, 2.45) is 0 Å². The molecule has 22 heavy (non-hydrogen) atoms. The number of imidazole rings is 1. The molecule has 2 aromatic rings. The largest absolute Gasteiger partial charge is 0.396 e. The van der Waals surface area contributed by atoms with Crippen LogP contribution in [0.25, 0.3) is 11.4 Å². The zero-order valence-corrected chi connectivity index (χ0v) is 12.5. The molecule has 0 saturated carbocycles. The van der Waals surface area contributed by atoms with Crippen LogP contribution in [0.4, 0.5) is 0 Å². The van der Waals surface area contributed by atoms with Gasteiger partial charge in [0.1, 0.15) is 5.82 Å². The Labute approximate surface area is 129 Å². The number of aromatic nitrogens is 2. The third-order valence-electron chi connectivity index (χ3n) is 3.43. The van der Waals surface area contributed by atoms with Crippen molar-refractivity contribution in [2.75, 3.05) is 13.2 Å². The fraction of sp³-hybridized carbons (Fsp3) is 0.375. The molecular formula is C16H21N3O3. The van der Waals surface area contributed by atoms with Crippen molar-refractivity contribution in [1.29, 1.82) is 0 Å². The van der Waals surface area contributed by atoms with Gasteiger partial charge in [-0.25, -0.2) is 4.98 Å². The van der Waals surface area contributed by atoms with Crippen molar-refractivity contribution in [3.05, 3.63) is 42.2 Å². The smallest absolute Gasteiger partial charge is 0.252 e. The van der Waals surface area contributed by atoms with Crippen LogP contribution in [0.1, 0.15) is 30.1 Å². The number of aromatic amines is 1. The van der Waals surface area contributed by atoms with Crippen LogP contribution in [0.5, 0.6) is 0 Å². The van der Waals surface area contributed by atoms with Crippen molar-refractivity contribution < 1.29 is 15.0 Å². The molecule has 6 heteroatoms. The maximum atomic E-state index is 12.4. The summed E-state index contributed by atoms with van der Waals surface area (Å²) in [7, 11) is 0. The average molecular weight is 303 g/mol. The lowest BCUT2D eigenvalue weighted by Crippen LogP contribution is -2.40. The molecule has 1 heterocycles. The first-order valence-electron chi connectivity index (χ1n) is 7.24. The summed E-state index contributed by atoms with van der Waals surface area (Å²) in [5.41, 5.74) is 0.160. The lowest BCUT2D eigenvalue weighted by atomic mass is 10.00. The van der Waals surface area contributed by atoms with Crippen LogP contribution in [0, 0.1) is 0 Å². The monoisotopic (exact) mass is 303 g/mol. The summed E-state index contributed by atoms with van der Waals surface area (Å²) in [6.07, 6.45) is 4.24. The van der Waals surface area contributed by atoms with Crippen LogP contribution in [-0.2, 0) is 0 Å². The van der Waals surface area contributed by atoms with Crippen LogP contribution < -0.4 is 5.32 Å². The van der Waals surface area contributed by atoms with Gasteiger partial charge in [-0.15, -0.1) is 0 Å². The number of hydrogen-bond donors (Lipinski definition) is 4. The van der Waals surface area contributed by atoms with Crippen molar-refractivity contribution in [3.63, 3.8) is 0 Å². The molecule has 0 radical (unpaired) electrons. The number of rotatable bonds is 7. The number of benzene rings is 1. The number of aliphatic hydroxyl groups is 2. The van der Waals surface area contributed by atoms with Gasteiger partial charge in [-0.3, -0.25) is 4.79 Å². The number of amides is 1. The third kappa shape index (κ3) is 4.16. The molecular weight excluding hydrogens is 282 g/mol. The van der Waals surface area contributed by atoms with Gasteiger partial charge in [0.15, 0.2) is 0 Å². The van der Waals surface area contributed by atoms with E-state index in [0.717, 1.165) is 0 Å². The zero-order valence-electron chi connectivity index (χ0n) is 12.5. The molecule has 0 unspecified atom stereocenters. The van der Waals surface area contributed by atoms with Crippen LogP contribution in [-0.4, -0.2) is 44.8 Å². The lowest BCUT2D eigenvalue weighted by Gasteiger charge is -2.23. The molecule has 0 spiro atoms. The average Bonchev–Trinajstić information content (AvgIpc) is 3.05. The maximum absolute atomic E-state index is 12.4. The highest BCUT2D eigenvalue weighted by Crippen LogP contribution is 2.20. The number of nitrogens with one attached hydrogen (secondary N) is 2. The summed E-state index contributed by atoms with van der Waals surface area (Å²) in [6.45, 7) is 1.78. The summed E-state index contributed by atoms with van der Waals surface area (Å²) in [4.78, 5) is 19.5. The van der Waals surface area contributed by atoms with Gasteiger partial charge in [-0.2, -0.15) is 0 Å². The van der Waals surface area contributed by atoms with Crippen LogP contribution in [0.2, 0.25) is 0 Å². The van der Waals surface area contributed by atoms with E-state index in [2.05, 4.69) is 15.3 Å². The number of H-pyrrole nitrogens is 1. The summed E-state index contributed by atoms with van der Waals surface area (Å²) in [5, 5.41) is 21.7. The Morgan fingerprint density at radius 3 is 2.86 bits per heavy atom. The first-order chi connectivity index (χ1) is 10.5. The predicted octanol–water partition coefficient (Wildman–Crippen LogP) is 1.33. The van der Waals surface area contributed by atoms with E-state index in [0.29, 0.717) is 29.8 Å². The molecule has 1 atom stereocenters. The topological polar surface area (TPSA) is 98.2 Å². The first kappa shape index (κ1) is 16.2. The van der Waals surface area contributed by atoms with Crippen LogP contribution in [0.15, 0.2) is 36.7 Å². The second kappa shape index (κ2) is 7.20. The second-order valence-corrected chi connectivity index (χ2v) is 5.49. The normalized spacial score (nSPS) is 13.6. The maximum Gasteiger partial charge on any atom is 0.252 e. The highest BCUT2D eigenvalue weighted by atomic mass is 16.3. The highest BCUT2D eigenvalue weighted by molar-refractivity contribution is 6.00. The highest BCUT2D eigenvalue weighted by Gasteiger charge is 2.22. The number of hydrogen-bond acceptors (Lipinski definition) is 4. The first-order valence-corrected chi connectivity index (χ1v) is 7.24. The molecule has 0 saturated heterocycles. The number of aliphatic hydroxyl groups excluding tert-OH is 1. The van der Waals surface area contributed by atoms with Crippen LogP contribution in [0.3, 0.4) is 0 Å². The van der Waals surface area contributed by atoms with Gasteiger partial charge >= 0.3 is 0 Å². The van der Waals surface area contributed by atoms with E-state index in [1.165, 1.54) is 0 Å². The third-order valence-corrected chi connectivity index (χ3v) is 3.43. The Balaban J connectivity index is 2.08. The van der Waals surface area contributed by atoms with Gasteiger partial charge in [-0.05, 0) is 25.8 Å². The molecule has 118 valence electrons. The van der Waals surface area contributed by atoms with E-state index < -0.39 is 5.60 Å². The SMILES string of the molecule is C[C@](O)(CCCO)CNC(=O)c1ccccc1-c1ncc[nH]1. The fourth-order valence-corrected chi connectivity index (χ4v) is 2.21. The Kier molecular flexibility index (Phi) is 5.30. The molecule has 0 aliphatic carbocycles. The molecule has 4 N–H and O–H groups in total. The van der Waals surface area contributed by atoms with E-state index in [9.17, 15) is 9.90 Å². The van der Waals surface area contributed by atoms with E-state index in [1.54, 1.807) is 31.5 Å². The van der Waals surface area contributed by atoms with Crippen molar-refractivity contribution in [2.45, 2.75) is 25.4 Å². The van der Waals surface area contributed by atoms with Gasteiger partial charge in [0.25, 0.3) is 5.91 Å². The molecule has 0 aliphatic rings. The van der Waals surface area contributed by atoms with Gasteiger partial charge in [-0.1, -0.05) is 18.2 Å². The van der Waals surface area contributed by atoms with E-state index in [-0.39, 0.29) is 19.1 Å². The van der Waals surface area contributed by atoms with E-state index in [1.807, 2.05) is 12.1 Å². The summed E-state index contributed by atoms with van der Waals surface area (Å²) >= 11 is 0. The summed E-state index contributed by atoms with van der Waals surface area (Å²) in [6, 6.07) is 7.16. The van der Waals surface area contributed by atoms with Crippen molar-refractivity contribution in [3.8, 4) is 11.4 Å². The minimum Gasteiger partial charge on any atom is -0.396 e. The Hall–Kier alpha value is -2.18. The van der Waals surface area contributed by atoms with Crippen molar-refractivity contribution in [1.82, 2.24) is 15.3 Å². The number of carbonyl (C=O) groups is 1. The van der Waals surface area contributed by atoms with Gasteiger partial charge in [0, 0.05) is 31.1 Å². The standard InChI is InChI=1S/C16H21N3O3/c1-16(22,7-4-10-20)11-19-15(21)13-6-3-2-5-12(13)14-17-8-9-18-14/h2-3,5-6,8-9,20,22H,4,7,10-11H2,1H3,(H,17,18)(H,19,21)/t16-/m0/s1. The quantitative estimate of drug-likeness (QED) is 0.620. The summed E-state index contributed by atoms with van der Waals surface area (Å²) in [5.74, 6) is 0.356. The van der Waals surface area contributed by atoms with Gasteiger partial charge in [0.05, 0.1) is 11.2 Å². The predicted molar refractivity (Wildman–Crippen MR) is 83.3 cm³/mol. The van der Waals surface area contributed by atoms with Gasteiger partial charge < -0.3 is 20.5 Å². The minimum absolute atomic E-state index is 0.0193. The van der Waals surface area contributed by atoms with Crippen LogP contribution >= 0.6 is 0 Å². The summed E-state index contributed by atoms with van der Waals surface area (Å²) < 4.78 is 0. The Morgan fingerprint density at radius 2 is 2.18 bits per heavy atom. The lowest BCUT2D eigenvalue weighted by molar-refractivity contribution is 0.0415. The Bertz CT molecular complexity index is 609. The molecule has 0 fully saturated rings. The Morgan fingerprint density at radius 1 is 1.41 bits per heavy atom. The number of carbonyl (C=O) groups excluding carboxylic acids is 1. The molecule has 1 amide bonds. The van der Waals surface area contributed by atoms with E-state index in [4.69, 9.17) is 5.11 Å². The molecule has 6 nitrogen and oxygen atoms in total. The molecule has 0 aliphatic heterocycles. The minimum atomic E-state index is -1.04. The van der Waals surface area contributed by atoms with E-state index >= 15 is 0 Å².